The molecule has 0 saturated carbocycles. The van der Waals surface area contributed by atoms with E-state index in [1.165, 1.54) is 11.1 Å². The molecule has 2 aromatic rings. The van der Waals surface area contributed by atoms with E-state index < -0.39 is 0 Å². The second-order valence-corrected chi connectivity index (χ2v) is 6.18. The van der Waals surface area contributed by atoms with Gasteiger partial charge in [0.25, 0.3) is 0 Å². The van der Waals surface area contributed by atoms with Crippen LogP contribution < -0.4 is 10.2 Å². The Bertz CT molecular complexity index is 692. The van der Waals surface area contributed by atoms with Crippen LogP contribution in [0.1, 0.15) is 23.4 Å². The van der Waals surface area contributed by atoms with Crippen LogP contribution in [0.15, 0.2) is 24.3 Å². The number of aromatic nitrogens is 2. The molecule has 1 aliphatic rings. The van der Waals surface area contributed by atoms with Crippen LogP contribution in [0, 0.1) is 6.92 Å². The monoisotopic (exact) mass is 332 g/mol. The van der Waals surface area contributed by atoms with Gasteiger partial charge in [-0.3, -0.25) is 0 Å². The maximum absolute atomic E-state index is 8.88. The molecule has 0 fully saturated rings. The number of fused-ring (bicyclic) bond motifs is 1. The number of nitrogens with one attached hydrogen (secondary N) is 1. The third-order valence-electron chi connectivity index (χ3n) is 3.97. The zero-order chi connectivity index (χ0) is 16.2. The van der Waals surface area contributed by atoms with Crippen LogP contribution in [0.5, 0.6) is 0 Å². The number of anilines is 2. The second-order valence-electron chi connectivity index (χ2n) is 5.75. The smallest absolute Gasteiger partial charge is 0.134 e. The average molecular weight is 333 g/mol. The molecule has 0 saturated heterocycles. The molecule has 0 amide bonds. The topological polar surface area (TPSA) is 61.3 Å². The van der Waals surface area contributed by atoms with Crippen LogP contribution in [0.2, 0.25) is 5.02 Å². The van der Waals surface area contributed by atoms with Gasteiger partial charge in [-0.1, -0.05) is 17.7 Å². The Labute approximate surface area is 141 Å². The maximum Gasteiger partial charge on any atom is 0.134 e. The number of aliphatic hydroxyl groups excluding tert-OH is 1. The van der Waals surface area contributed by atoms with Crippen LogP contribution in [0.4, 0.5) is 11.6 Å². The van der Waals surface area contributed by atoms with Gasteiger partial charge in [0.05, 0.1) is 0 Å². The first-order valence-corrected chi connectivity index (χ1v) is 8.26. The van der Waals surface area contributed by atoms with Gasteiger partial charge in [0.2, 0.25) is 0 Å². The van der Waals surface area contributed by atoms with E-state index >= 15 is 0 Å². The molecule has 0 aliphatic carbocycles. The van der Waals surface area contributed by atoms with Gasteiger partial charge in [0.15, 0.2) is 0 Å². The fourth-order valence-electron chi connectivity index (χ4n) is 2.82. The number of rotatable bonds is 5. The van der Waals surface area contributed by atoms with Crippen molar-refractivity contribution in [3.63, 3.8) is 0 Å². The van der Waals surface area contributed by atoms with Gasteiger partial charge in [0, 0.05) is 37.3 Å². The van der Waals surface area contributed by atoms with E-state index in [4.69, 9.17) is 16.7 Å². The molecule has 0 unspecified atom stereocenters. The first kappa shape index (κ1) is 16.0. The molecule has 6 heteroatoms. The number of hydrogen-bond acceptors (Lipinski definition) is 5. The molecule has 1 aromatic heterocycles. The Balaban J connectivity index is 1.78. The van der Waals surface area contributed by atoms with Crippen molar-refractivity contribution in [2.75, 3.05) is 29.9 Å². The first-order chi connectivity index (χ1) is 11.2. The van der Waals surface area contributed by atoms with Crippen molar-refractivity contribution < 1.29 is 5.11 Å². The van der Waals surface area contributed by atoms with Crippen LogP contribution >= 0.6 is 11.6 Å². The lowest BCUT2D eigenvalue weighted by Crippen LogP contribution is -2.31. The summed E-state index contributed by atoms with van der Waals surface area (Å²) in [6.07, 6.45) is 1.67. The van der Waals surface area contributed by atoms with Crippen molar-refractivity contribution in [3.05, 3.63) is 46.2 Å². The predicted octanol–water partition coefficient (Wildman–Crippen LogP) is 2.80. The third-order valence-corrected chi connectivity index (χ3v) is 4.21. The highest BCUT2D eigenvalue weighted by molar-refractivity contribution is 6.30. The molecular weight excluding hydrogens is 312 g/mol. The zero-order valence-electron chi connectivity index (χ0n) is 13.2. The molecule has 3 rings (SSSR count). The number of aliphatic hydroxyl groups is 1. The van der Waals surface area contributed by atoms with Gasteiger partial charge in [-0.2, -0.15) is 0 Å². The van der Waals surface area contributed by atoms with E-state index in [1.807, 2.05) is 19.1 Å². The van der Waals surface area contributed by atoms with Gasteiger partial charge in [-0.05, 0) is 43.0 Å². The summed E-state index contributed by atoms with van der Waals surface area (Å²) in [5.74, 6) is 2.49. The van der Waals surface area contributed by atoms with Crippen molar-refractivity contribution in [2.45, 2.75) is 26.3 Å². The molecule has 2 heterocycles. The number of nitrogens with zero attached hydrogens (tertiary/aromatic N) is 3. The molecule has 122 valence electrons. The zero-order valence-corrected chi connectivity index (χ0v) is 14.0. The van der Waals surface area contributed by atoms with E-state index in [2.05, 4.69) is 32.3 Å². The summed E-state index contributed by atoms with van der Waals surface area (Å²) in [7, 11) is 0. The standard InChI is InChI=1S/C17H21ClN4O/c1-12-20-16(19-6-2-8-23)10-17(21-12)22-7-5-13-9-15(18)4-3-14(13)11-22/h3-4,9-10,23H,2,5-8,11H2,1H3,(H,19,20,21). The van der Waals surface area contributed by atoms with Gasteiger partial charge in [-0.15, -0.1) is 0 Å². The van der Waals surface area contributed by atoms with E-state index in [0.29, 0.717) is 13.0 Å². The minimum Gasteiger partial charge on any atom is -0.396 e. The Morgan fingerprint density at radius 3 is 2.96 bits per heavy atom. The molecule has 1 aliphatic heterocycles. The van der Waals surface area contributed by atoms with E-state index in [0.717, 1.165) is 42.0 Å². The normalized spacial score (nSPS) is 13.8. The Kier molecular flexibility index (Phi) is 4.98. The number of benzene rings is 1. The van der Waals surface area contributed by atoms with Crippen molar-refractivity contribution >= 4 is 23.2 Å². The summed E-state index contributed by atoms with van der Waals surface area (Å²) >= 11 is 6.07. The average Bonchev–Trinajstić information content (AvgIpc) is 2.54. The SMILES string of the molecule is Cc1nc(NCCCO)cc(N2CCc3cc(Cl)ccc3C2)n1. The maximum atomic E-state index is 8.88. The van der Waals surface area contributed by atoms with Gasteiger partial charge >= 0.3 is 0 Å². The van der Waals surface area contributed by atoms with E-state index in [-0.39, 0.29) is 6.61 Å². The summed E-state index contributed by atoms with van der Waals surface area (Å²) in [5.41, 5.74) is 2.62. The summed E-state index contributed by atoms with van der Waals surface area (Å²) in [6, 6.07) is 8.07. The molecule has 23 heavy (non-hydrogen) atoms. The van der Waals surface area contributed by atoms with Crippen LogP contribution in [0.25, 0.3) is 0 Å². The van der Waals surface area contributed by atoms with Gasteiger partial charge in [0.1, 0.15) is 17.5 Å². The molecule has 2 N–H and O–H groups in total. The predicted molar refractivity (Wildman–Crippen MR) is 93.2 cm³/mol. The van der Waals surface area contributed by atoms with Gasteiger partial charge in [-0.25, -0.2) is 9.97 Å². The molecule has 5 nitrogen and oxygen atoms in total. The van der Waals surface area contributed by atoms with Crippen molar-refractivity contribution in [1.29, 1.82) is 0 Å². The highest BCUT2D eigenvalue weighted by atomic mass is 35.5. The van der Waals surface area contributed by atoms with Crippen molar-refractivity contribution in [2.24, 2.45) is 0 Å². The van der Waals surface area contributed by atoms with Crippen LogP contribution in [-0.2, 0) is 13.0 Å². The first-order valence-electron chi connectivity index (χ1n) is 7.88. The minimum atomic E-state index is 0.176. The third kappa shape index (κ3) is 3.92. The highest BCUT2D eigenvalue weighted by Crippen LogP contribution is 2.26. The fourth-order valence-corrected chi connectivity index (χ4v) is 3.01. The minimum absolute atomic E-state index is 0.176. The molecule has 0 atom stereocenters. The lowest BCUT2D eigenvalue weighted by Gasteiger charge is -2.30. The summed E-state index contributed by atoms with van der Waals surface area (Å²) in [4.78, 5) is 11.3. The number of aryl methyl sites for hydroxylation is 1. The largest absolute Gasteiger partial charge is 0.396 e. The van der Waals surface area contributed by atoms with Crippen LogP contribution in [0.3, 0.4) is 0 Å². The Hall–Kier alpha value is -1.85. The summed E-state index contributed by atoms with van der Waals surface area (Å²) in [6.45, 7) is 4.53. The van der Waals surface area contributed by atoms with E-state index in [1.54, 1.807) is 0 Å². The molecule has 0 bridgehead atoms. The summed E-state index contributed by atoms with van der Waals surface area (Å²) in [5, 5.41) is 12.9. The molecule has 1 aromatic carbocycles. The Morgan fingerprint density at radius 1 is 1.26 bits per heavy atom. The van der Waals surface area contributed by atoms with Gasteiger partial charge < -0.3 is 15.3 Å². The molecular formula is C17H21ClN4O. The highest BCUT2D eigenvalue weighted by Gasteiger charge is 2.18. The Morgan fingerprint density at radius 2 is 2.13 bits per heavy atom. The molecule has 0 radical (unpaired) electrons. The number of hydrogen-bond donors (Lipinski definition) is 2. The van der Waals surface area contributed by atoms with Crippen LogP contribution in [-0.4, -0.2) is 34.8 Å². The quantitative estimate of drug-likeness (QED) is 0.824. The van der Waals surface area contributed by atoms with Crippen molar-refractivity contribution in [1.82, 2.24) is 9.97 Å². The van der Waals surface area contributed by atoms with Crippen molar-refractivity contribution in [3.8, 4) is 0 Å². The summed E-state index contributed by atoms with van der Waals surface area (Å²) < 4.78 is 0. The fraction of sp³-hybridized carbons (Fsp3) is 0.412. The second kappa shape index (κ2) is 7.15. The lowest BCUT2D eigenvalue weighted by atomic mass is 10.00. The lowest BCUT2D eigenvalue weighted by molar-refractivity contribution is 0.292. The molecule has 0 spiro atoms. The number of halogens is 1. The van der Waals surface area contributed by atoms with E-state index in [9.17, 15) is 0 Å².